The number of hydrogen-bond acceptors (Lipinski definition) is 4. The predicted molar refractivity (Wildman–Crippen MR) is 96.2 cm³/mol. The summed E-state index contributed by atoms with van der Waals surface area (Å²) in [6, 6.07) is 3.21. The molecule has 25 heavy (non-hydrogen) atoms. The number of hydrogen-bond donors (Lipinski definition) is 1. The van der Waals surface area contributed by atoms with Crippen LogP contribution in [0, 0.1) is 18.8 Å². The smallest absolute Gasteiger partial charge is 0.262 e. The molecule has 1 fully saturated rings. The van der Waals surface area contributed by atoms with E-state index >= 15 is 0 Å². The van der Waals surface area contributed by atoms with Crippen molar-refractivity contribution in [1.29, 1.82) is 0 Å². The lowest BCUT2D eigenvalue weighted by molar-refractivity contribution is -0.118. The number of anilines is 1. The van der Waals surface area contributed by atoms with Gasteiger partial charge in [0.05, 0.1) is 10.6 Å². The van der Waals surface area contributed by atoms with Crippen molar-refractivity contribution in [2.45, 2.75) is 51.0 Å². The van der Waals surface area contributed by atoms with E-state index in [2.05, 4.69) is 19.2 Å². The fraction of sp³-hybridized carbons (Fsp3) is 0.611. The molecular weight excluding hydrogens is 340 g/mol. The van der Waals surface area contributed by atoms with E-state index in [0.717, 1.165) is 19.3 Å². The highest BCUT2D eigenvalue weighted by molar-refractivity contribution is 7.89. The van der Waals surface area contributed by atoms with Gasteiger partial charge in [0.1, 0.15) is 5.75 Å². The Kier molecular flexibility index (Phi) is 4.81. The van der Waals surface area contributed by atoms with Crippen LogP contribution >= 0.6 is 0 Å². The first kappa shape index (κ1) is 18.2. The van der Waals surface area contributed by atoms with E-state index in [4.69, 9.17) is 4.74 Å². The summed E-state index contributed by atoms with van der Waals surface area (Å²) in [6.07, 6.45) is 3.09. The Morgan fingerprint density at radius 3 is 2.68 bits per heavy atom. The van der Waals surface area contributed by atoms with Crippen molar-refractivity contribution in [3.63, 3.8) is 0 Å². The zero-order valence-corrected chi connectivity index (χ0v) is 16.0. The van der Waals surface area contributed by atoms with Crippen LogP contribution in [0.3, 0.4) is 0 Å². The number of sulfonamides is 1. The van der Waals surface area contributed by atoms with Gasteiger partial charge < -0.3 is 10.1 Å². The van der Waals surface area contributed by atoms with Crippen molar-refractivity contribution in [3.05, 3.63) is 17.7 Å². The molecule has 0 unspecified atom stereocenters. The average Bonchev–Trinajstić information content (AvgIpc) is 2.55. The van der Waals surface area contributed by atoms with Gasteiger partial charge in [-0.1, -0.05) is 26.7 Å². The Morgan fingerprint density at radius 1 is 1.24 bits per heavy atom. The molecule has 0 aromatic heterocycles. The third-order valence-electron chi connectivity index (χ3n) is 5.70. The van der Waals surface area contributed by atoms with Crippen LogP contribution in [0.4, 0.5) is 5.69 Å². The van der Waals surface area contributed by atoms with E-state index in [0.29, 0.717) is 28.8 Å². The van der Waals surface area contributed by atoms with E-state index in [-0.39, 0.29) is 23.5 Å². The molecule has 0 bridgehead atoms. The fourth-order valence-corrected chi connectivity index (χ4v) is 5.58. The standard InChI is InChI=1S/C18H26N2O4S/c1-11-6-5-7-15(13(11)3)20(4)25(22,23)17-9-16-14(8-12(17)2)19-18(21)10-24-16/h8-9,11,13,15H,5-7,10H2,1-4H3,(H,19,21)/t11-,13-,15-/m1/s1. The number of carbonyl (C=O) groups excluding carboxylic acids is 1. The Labute approximate surface area is 149 Å². The van der Waals surface area contributed by atoms with Crippen molar-refractivity contribution in [2.24, 2.45) is 11.8 Å². The summed E-state index contributed by atoms with van der Waals surface area (Å²) in [7, 11) is -1.96. The minimum atomic E-state index is -3.63. The zero-order valence-electron chi connectivity index (χ0n) is 15.2. The van der Waals surface area contributed by atoms with Crippen LogP contribution in [0.25, 0.3) is 0 Å². The van der Waals surface area contributed by atoms with E-state index in [1.165, 1.54) is 10.4 Å². The molecule has 1 N–H and O–H groups in total. The summed E-state index contributed by atoms with van der Waals surface area (Å²) in [6.45, 7) is 5.98. The summed E-state index contributed by atoms with van der Waals surface area (Å²) in [5, 5.41) is 2.71. The number of nitrogens with one attached hydrogen (secondary N) is 1. The molecule has 6 nitrogen and oxygen atoms in total. The molecule has 1 amide bonds. The topological polar surface area (TPSA) is 75.7 Å². The van der Waals surface area contributed by atoms with Crippen LogP contribution in [-0.2, 0) is 14.8 Å². The molecule has 0 radical (unpaired) electrons. The molecule has 1 aliphatic heterocycles. The summed E-state index contributed by atoms with van der Waals surface area (Å²) in [4.78, 5) is 11.7. The molecule has 3 rings (SSSR count). The first-order chi connectivity index (χ1) is 11.7. The molecule has 0 spiro atoms. The van der Waals surface area contributed by atoms with Gasteiger partial charge in [-0.3, -0.25) is 4.79 Å². The van der Waals surface area contributed by atoms with E-state index in [1.807, 2.05) is 0 Å². The Hall–Kier alpha value is -1.60. The fourth-order valence-electron chi connectivity index (χ4n) is 3.89. The van der Waals surface area contributed by atoms with Gasteiger partial charge >= 0.3 is 0 Å². The number of amides is 1. The molecular formula is C18H26N2O4S. The maximum Gasteiger partial charge on any atom is 0.262 e. The van der Waals surface area contributed by atoms with Gasteiger partial charge in [0.15, 0.2) is 6.61 Å². The van der Waals surface area contributed by atoms with Crippen molar-refractivity contribution in [1.82, 2.24) is 4.31 Å². The molecule has 1 aliphatic carbocycles. The van der Waals surface area contributed by atoms with Gasteiger partial charge in [-0.05, 0) is 36.8 Å². The molecule has 1 aromatic rings. The molecule has 1 aromatic carbocycles. The highest BCUT2D eigenvalue weighted by atomic mass is 32.2. The lowest BCUT2D eigenvalue weighted by Gasteiger charge is -2.39. The first-order valence-electron chi connectivity index (χ1n) is 8.77. The number of aryl methyl sites for hydroxylation is 1. The Bertz CT molecular complexity index is 791. The molecule has 1 heterocycles. The normalized spacial score (nSPS) is 26.8. The Balaban J connectivity index is 1.95. The zero-order chi connectivity index (χ0) is 18.4. The molecule has 0 saturated heterocycles. The number of carbonyl (C=O) groups is 1. The highest BCUT2D eigenvalue weighted by Crippen LogP contribution is 2.37. The van der Waals surface area contributed by atoms with Gasteiger partial charge in [0.25, 0.3) is 5.91 Å². The highest BCUT2D eigenvalue weighted by Gasteiger charge is 2.37. The maximum atomic E-state index is 13.2. The third kappa shape index (κ3) is 3.27. The van der Waals surface area contributed by atoms with Gasteiger partial charge in [-0.15, -0.1) is 0 Å². The average molecular weight is 366 g/mol. The van der Waals surface area contributed by atoms with E-state index in [1.54, 1.807) is 20.0 Å². The number of ether oxygens (including phenoxy) is 1. The second-order valence-corrected chi connectivity index (χ2v) is 9.27. The van der Waals surface area contributed by atoms with Gasteiger partial charge in [-0.25, -0.2) is 8.42 Å². The molecule has 7 heteroatoms. The van der Waals surface area contributed by atoms with E-state index < -0.39 is 10.0 Å². The SMILES string of the molecule is Cc1cc2c(cc1S(=O)(=O)N(C)[C@@H]1CCC[C@@H](C)[C@H]1C)OCC(=O)N2. The summed E-state index contributed by atoms with van der Waals surface area (Å²) in [5.41, 5.74) is 1.13. The van der Waals surface area contributed by atoms with Crippen LogP contribution < -0.4 is 10.1 Å². The summed E-state index contributed by atoms with van der Waals surface area (Å²) in [5.74, 6) is 1.01. The van der Waals surface area contributed by atoms with E-state index in [9.17, 15) is 13.2 Å². The monoisotopic (exact) mass is 366 g/mol. The largest absolute Gasteiger partial charge is 0.482 e. The van der Waals surface area contributed by atoms with Crippen LogP contribution in [0.15, 0.2) is 17.0 Å². The van der Waals surface area contributed by atoms with Gasteiger partial charge in [0.2, 0.25) is 10.0 Å². The quantitative estimate of drug-likeness (QED) is 0.892. The molecule has 138 valence electrons. The minimum absolute atomic E-state index is 0.00445. The summed E-state index contributed by atoms with van der Waals surface area (Å²) >= 11 is 0. The van der Waals surface area contributed by atoms with Crippen molar-refractivity contribution in [3.8, 4) is 5.75 Å². The first-order valence-corrected chi connectivity index (χ1v) is 10.2. The second-order valence-electron chi connectivity index (χ2n) is 7.31. The van der Waals surface area contributed by atoms with Crippen molar-refractivity contribution >= 4 is 21.6 Å². The van der Waals surface area contributed by atoms with Crippen LogP contribution in [-0.4, -0.2) is 38.3 Å². The molecule has 2 aliphatic rings. The van der Waals surface area contributed by atoms with Crippen LogP contribution in [0.1, 0.15) is 38.7 Å². The molecule has 1 saturated carbocycles. The van der Waals surface area contributed by atoms with Gasteiger partial charge in [0, 0.05) is 19.2 Å². The van der Waals surface area contributed by atoms with Crippen molar-refractivity contribution < 1.29 is 17.9 Å². The number of benzene rings is 1. The third-order valence-corrected chi connectivity index (χ3v) is 7.72. The number of nitrogens with zero attached hydrogens (tertiary/aromatic N) is 1. The predicted octanol–water partition coefficient (Wildman–Crippen LogP) is 2.77. The second kappa shape index (κ2) is 6.61. The van der Waals surface area contributed by atoms with Crippen molar-refractivity contribution in [2.75, 3.05) is 19.0 Å². The van der Waals surface area contributed by atoms with Crippen LogP contribution in [0.5, 0.6) is 5.75 Å². The lowest BCUT2D eigenvalue weighted by Crippen LogP contribution is -2.45. The Morgan fingerprint density at radius 2 is 1.96 bits per heavy atom. The molecule has 3 atom stereocenters. The maximum absolute atomic E-state index is 13.2. The number of fused-ring (bicyclic) bond motifs is 1. The van der Waals surface area contributed by atoms with Gasteiger partial charge in [-0.2, -0.15) is 4.31 Å². The number of rotatable bonds is 3. The van der Waals surface area contributed by atoms with Crippen LogP contribution in [0.2, 0.25) is 0 Å². The minimum Gasteiger partial charge on any atom is -0.482 e. The summed E-state index contributed by atoms with van der Waals surface area (Å²) < 4.78 is 33.4. The lowest BCUT2D eigenvalue weighted by atomic mass is 9.78.